The third-order valence-corrected chi connectivity index (χ3v) is 5.60. The van der Waals surface area contributed by atoms with Crippen LogP contribution in [0.5, 0.6) is 0 Å². The van der Waals surface area contributed by atoms with Gasteiger partial charge in [0.1, 0.15) is 12.4 Å². The summed E-state index contributed by atoms with van der Waals surface area (Å²) in [6, 6.07) is 0. The molecule has 2 aromatic heterocycles. The summed E-state index contributed by atoms with van der Waals surface area (Å²) in [6.45, 7) is 5.43. The van der Waals surface area contributed by atoms with Crippen LogP contribution in [0.25, 0.3) is 0 Å². The van der Waals surface area contributed by atoms with E-state index >= 15 is 0 Å². The van der Waals surface area contributed by atoms with Crippen molar-refractivity contribution >= 4 is 23.2 Å². The van der Waals surface area contributed by atoms with Crippen LogP contribution in [0.4, 0.5) is 0 Å². The molecule has 1 saturated heterocycles. The van der Waals surface area contributed by atoms with E-state index in [0.717, 1.165) is 40.8 Å². The van der Waals surface area contributed by atoms with Gasteiger partial charge in [0.2, 0.25) is 11.8 Å². The largest absolute Gasteiger partial charge is 0.368 e. The first-order chi connectivity index (χ1) is 11.9. The van der Waals surface area contributed by atoms with Gasteiger partial charge in [0.05, 0.1) is 17.1 Å². The average molecular weight is 361 g/mol. The number of primary amides is 1. The molecule has 2 amide bonds. The molecule has 1 fully saturated rings. The number of likely N-dealkylation sites (tertiary alicyclic amines) is 1. The SMILES string of the molecule is Cc1nc(C)c(CC(=O)N2CCCC(c3nccn3CC(N)=O)C2)s1. The van der Waals surface area contributed by atoms with E-state index in [2.05, 4.69) is 9.97 Å². The Morgan fingerprint density at radius 1 is 1.40 bits per heavy atom. The van der Waals surface area contributed by atoms with Gasteiger partial charge in [-0.25, -0.2) is 9.97 Å². The summed E-state index contributed by atoms with van der Waals surface area (Å²) in [7, 11) is 0. The fraction of sp³-hybridized carbons (Fsp3) is 0.529. The third kappa shape index (κ3) is 4.07. The van der Waals surface area contributed by atoms with Crippen molar-refractivity contribution in [2.24, 2.45) is 5.73 Å². The predicted octanol–water partition coefficient (Wildman–Crippen LogP) is 1.39. The average Bonchev–Trinajstić information content (AvgIpc) is 3.13. The second-order valence-electron chi connectivity index (χ2n) is 6.48. The smallest absolute Gasteiger partial charge is 0.237 e. The van der Waals surface area contributed by atoms with Crippen molar-refractivity contribution in [3.63, 3.8) is 0 Å². The van der Waals surface area contributed by atoms with E-state index in [-0.39, 0.29) is 24.3 Å². The van der Waals surface area contributed by atoms with Crippen LogP contribution >= 0.6 is 11.3 Å². The van der Waals surface area contributed by atoms with Crippen LogP contribution in [-0.2, 0) is 22.6 Å². The normalized spacial score (nSPS) is 17.7. The maximum atomic E-state index is 12.7. The summed E-state index contributed by atoms with van der Waals surface area (Å²) >= 11 is 1.59. The Morgan fingerprint density at radius 2 is 2.20 bits per heavy atom. The lowest BCUT2D eigenvalue weighted by Gasteiger charge is -2.32. The molecule has 3 rings (SSSR count). The Kier molecular flexibility index (Phi) is 5.17. The number of amides is 2. The zero-order chi connectivity index (χ0) is 18.0. The van der Waals surface area contributed by atoms with Crippen LogP contribution < -0.4 is 5.73 Å². The molecule has 7 nitrogen and oxygen atoms in total. The lowest BCUT2D eigenvalue weighted by Crippen LogP contribution is -2.40. The van der Waals surface area contributed by atoms with Crippen molar-refractivity contribution in [1.29, 1.82) is 0 Å². The number of nitrogens with two attached hydrogens (primary N) is 1. The Morgan fingerprint density at radius 3 is 2.88 bits per heavy atom. The van der Waals surface area contributed by atoms with Crippen LogP contribution in [0, 0.1) is 13.8 Å². The number of nitrogens with zero attached hydrogens (tertiary/aromatic N) is 4. The molecule has 3 heterocycles. The Labute approximate surface area is 150 Å². The molecule has 0 spiro atoms. The number of hydrogen-bond donors (Lipinski definition) is 1. The quantitative estimate of drug-likeness (QED) is 0.871. The monoisotopic (exact) mass is 361 g/mol. The third-order valence-electron chi connectivity index (χ3n) is 4.52. The maximum Gasteiger partial charge on any atom is 0.237 e. The molecule has 0 aromatic carbocycles. The van der Waals surface area contributed by atoms with Crippen molar-refractivity contribution < 1.29 is 9.59 Å². The molecular weight excluding hydrogens is 338 g/mol. The number of thiazole rings is 1. The van der Waals surface area contributed by atoms with E-state index in [1.807, 2.05) is 18.7 Å². The molecule has 1 aliphatic rings. The Bertz CT molecular complexity index is 782. The predicted molar refractivity (Wildman–Crippen MR) is 95.3 cm³/mol. The molecule has 0 bridgehead atoms. The van der Waals surface area contributed by atoms with E-state index in [4.69, 9.17) is 5.73 Å². The Hall–Kier alpha value is -2.22. The van der Waals surface area contributed by atoms with Crippen molar-refractivity contribution in [3.05, 3.63) is 33.8 Å². The number of carbonyl (C=O) groups excluding carboxylic acids is 2. The van der Waals surface area contributed by atoms with Crippen molar-refractivity contribution in [2.75, 3.05) is 13.1 Å². The molecule has 0 radical (unpaired) electrons. The molecule has 25 heavy (non-hydrogen) atoms. The summed E-state index contributed by atoms with van der Waals surface area (Å²) in [6.07, 6.45) is 5.74. The molecule has 0 saturated carbocycles. The van der Waals surface area contributed by atoms with Gasteiger partial charge in [-0.3, -0.25) is 9.59 Å². The number of imidazole rings is 1. The minimum absolute atomic E-state index is 0.124. The van der Waals surface area contributed by atoms with Crippen LogP contribution in [0.1, 0.15) is 40.2 Å². The molecule has 1 atom stereocenters. The van der Waals surface area contributed by atoms with E-state index in [1.165, 1.54) is 0 Å². The topological polar surface area (TPSA) is 94.1 Å². The molecular formula is C17H23N5O2S. The van der Waals surface area contributed by atoms with Crippen molar-refractivity contribution in [3.8, 4) is 0 Å². The second kappa shape index (κ2) is 7.35. The van der Waals surface area contributed by atoms with E-state index in [9.17, 15) is 9.59 Å². The molecule has 0 aliphatic carbocycles. The van der Waals surface area contributed by atoms with Crippen LogP contribution in [0.3, 0.4) is 0 Å². The van der Waals surface area contributed by atoms with Crippen LogP contribution in [0.2, 0.25) is 0 Å². The minimum Gasteiger partial charge on any atom is -0.368 e. The molecule has 2 aromatic rings. The number of rotatable bonds is 5. The molecule has 134 valence electrons. The van der Waals surface area contributed by atoms with Gasteiger partial charge >= 0.3 is 0 Å². The highest BCUT2D eigenvalue weighted by Crippen LogP contribution is 2.27. The van der Waals surface area contributed by atoms with Gasteiger partial charge in [0.15, 0.2) is 0 Å². The van der Waals surface area contributed by atoms with Crippen LogP contribution in [-0.4, -0.2) is 44.3 Å². The summed E-state index contributed by atoms with van der Waals surface area (Å²) in [5, 5.41) is 0.991. The lowest BCUT2D eigenvalue weighted by atomic mass is 9.96. The van der Waals surface area contributed by atoms with Crippen molar-refractivity contribution in [1.82, 2.24) is 19.4 Å². The summed E-state index contributed by atoms with van der Waals surface area (Å²) < 4.78 is 1.79. The number of piperidine rings is 1. The van der Waals surface area contributed by atoms with Gasteiger partial charge < -0.3 is 15.2 Å². The number of hydrogen-bond acceptors (Lipinski definition) is 5. The van der Waals surface area contributed by atoms with E-state index in [1.54, 1.807) is 28.3 Å². The standard InChI is InChI=1S/C17H23N5O2S/c1-11-14(25-12(2)20-11)8-16(24)21-6-3-4-13(9-21)17-19-5-7-22(17)10-15(18)23/h5,7,13H,3-4,6,8-10H2,1-2H3,(H2,18,23). The molecule has 2 N–H and O–H groups in total. The first-order valence-electron chi connectivity index (χ1n) is 8.44. The van der Waals surface area contributed by atoms with Gasteiger partial charge in [-0.1, -0.05) is 0 Å². The summed E-state index contributed by atoms with van der Waals surface area (Å²) in [5.41, 5.74) is 6.25. The number of aryl methyl sites for hydroxylation is 2. The minimum atomic E-state index is -0.390. The molecule has 1 unspecified atom stereocenters. The fourth-order valence-electron chi connectivity index (χ4n) is 3.38. The molecule has 1 aliphatic heterocycles. The molecule has 8 heteroatoms. The van der Waals surface area contributed by atoms with Gasteiger partial charge in [-0.2, -0.15) is 0 Å². The van der Waals surface area contributed by atoms with E-state index in [0.29, 0.717) is 13.0 Å². The maximum absolute atomic E-state index is 12.7. The first-order valence-corrected chi connectivity index (χ1v) is 9.25. The van der Waals surface area contributed by atoms with Crippen molar-refractivity contribution in [2.45, 2.75) is 45.6 Å². The van der Waals surface area contributed by atoms with Gasteiger partial charge in [-0.15, -0.1) is 11.3 Å². The fourth-order valence-corrected chi connectivity index (χ4v) is 4.31. The zero-order valence-corrected chi connectivity index (χ0v) is 15.4. The highest BCUT2D eigenvalue weighted by Gasteiger charge is 2.28. The number of carbonyl (C=O) groups is 2. The van der Waals surface area contributed by atoms with Crippen LogP contribution in [0.15, 0.2) is 12.4 Å². The highest BCUT2D eigenvalue weighted by atomic mass is 32.1. The lowest BCUT2D eigenvalue weighted by molar-refractivity contribution is -0.131. The van der Waals surface area contributed by atoms with Gasteiger partial charge in [0.25, 0.3) is 0 Å². The first kappa shape index (κ1) is 17.6. The summed E-state index contributed by atoms with van der Waals surface area (Å²) in [4.78, 5) is 35.7. The highest BCUT2D eigenvalue weighted by molar-refractivity contribution is 7.11. The zero-order valence-electron chi connectivity index (χ0n) is 14.6. The second-order valence-corrected chi connectivity index (χ2v) is 7.76. The van der Waals surface area contributed by atoms with E-state index < -0.39 is 0 Å². The number of aromatic nitrogens is 3. The Balaban J connectivity index is 1.69. The van der Waals surface area contributed by atoms with Gasteiger partial charge in [-0.05, 0) is 26.7 Å². The van der Waals surface area contributed by atoms with Gasteiger partial charge in [0, 0.05) is 36.3 Å². The summed E-state index contributed by atoms with van der Waals surface area (Å²) in [5.74, 6) is 0.709.